The van der Waals surface area contributed by atoms with Gasteiger partial charge in [0.1, 0.15) is 0 Å². The minimum Gasteiger partial charge on any atom is -0.454 e. The molecule has 0 saturated heterocycles. The third kappa shape index (κ3) is 2.22. The van der Waals surface area contributed by atoms with Crippen molar-refractivity contribution >= 4 is 17.5 Å². The number of nitrogens with one attached hydrogen (secondary N) is 1. The van der Waals surface area contributed by atoms with Crippen LogP contribution in [0.4, 0.5) is 0 Å². The molecule has 0 bridgehead atoms. The number of benzene rings is 1. The van der Waals surface area contributed by atoms with Gasteiger partial charge in [0, 0.05) is 11.6 Å². The van der Waals surface area contributed by atoms with E-state index in [0.29, 0.717) is 40.0 Å². The molecule has 5 heteroatoms. The van der Waals surface area contributed by atoms with E-state index in [1.807, 2.05) is 0 Å². The molecule has 0 aromatic heterocycles. The smallest absolute Gasteiger partial charge is 0.251 e. The van der Waals surface area contributed by atoms with Crippen LogP contribution in [0, 0.1) is 11.8 Å². The van der Waals surface area contributed by atoms with Crippen LogP contribution in [-0.4, -0.2) is 18.7 Å². The Bertz CT molecular complexity index is 554. The molecule has 2 aliphatic carbocycles. The Morgan fingerprint density at radius 3 is 2.55 bits per heavy atom. The number of carbonyl (C=O) groups excluding carboxylic acids is 1. The summed E-state index contributed by atoms with van der Waals surface area (Å²) in [5.41, 5.74) is 0.547. The van der Waals surface area contributed by atoms with Gasteiger partial charge in [0.25, 0.3) is 5.91 Å². The third-order valence-electron chi connectivity index (χ3n) is 4.25. The summed E-state index contributed by atoms with van der Waals surface area (Å²) in [4.78, 5) is 12.4. The lowest BCUT2D eigenvalue weighted by Crippen LogP contribution is -2.38. The van der Waals surface area contributed by atoms with E-state index in [0.717, 1.165) is 0 Å². The van der Waals surface area contributed by atoms with Crippen LogP contribution in [0.5, 0.6) is 11.5 Å². The molecule has 0 radical (unpaired) electrons. The summed E-state index contributed by atoms with van der Waals surface area (Å²) in [5.74, 6) is 2.38. The number of rotatable bonds is 4. The van der Waals surface area contributed by atoms with E-state index in [-0.39, 0.29) is 12.7 Å². The molecular weight excluding hydrogens is 278 g/mol. The molecule has 1 amide bonds. The van der Waals surface area contributed by atoms with Crippen LogP contribution < -0.4 is 14.8 Å². The monoisotopic (exact) mass is 293 g/mol. The van der Waals surface area contributed by atoms with Crippen LogP contribution in [0.2, 0.25) is 5.02 Å². The fourth-order valence-electron chi connectivity index (χ4n) is 2.86. The Morgan fingerprint density at radius 1 is 1.20 bits per heavy atom. The van der Waals surface area contributed by atoms with E-state index >= 15 is 0 Å². The average Bonchev–Trinajstić information content (AvgIpc) is 3.34. The number of fused-ring (bicyclic) bond motifs is 1. The highest BCUT2D eigenvalue weighted by atomic mass is 35.5. The fourth-order valence-corrected chi connectivity index (χ4v) is 3.13. The first-order valence-electron chi connectivity index (χ1n) is 7.12. The number of carbonyl (C=O) groups is 1. The molecule has 106 valence electrons. The van der Waals surface area contributed by atoms with Gasteiger partial charge >= 0.3 is 0 Å². The average molecular weight is 294 g/mol. The van der Waals surface area contributed by atoms with Crippen LogP contribution in [0.15, 0.2) is 12.1 Å². The van der Waals surface area contributed by atoms with Crippen LogP contribution >= 0.6 is 11.6 Å². The first-order valence-corrected chi connectivity index (χ1v) is 7.50. The van der Waals surface area contributed by atoms with Gasteiger partial charge in [-0.1, -0.05) is 11.6 Å². The molecule has 0 spiro atoms. The summed E-state index contributed by atoms with van der Waals surface area (Å²) in [6.07, 6.45) is 4.96. The van der Waals surface area contributed by atoms with E-state index in [4.69, 9.17) is 21.1 Å². The highest BCUT2D eigenvalue weighted by molar-refractivity contribution is 6.32. The van der Waals surface area contributed by atoms with Crippen LogP contribution in [0.1, 0.15) is 36.0 Å². The van der Waals surface area contributed by atoms with E-state index < -0.39 is 0 Å². The van der Waals surface area contributed by atoms with Crippen molar-refractivity contribution in [2.24, 2.45) is 11.8 Å². The maximum absolute atomic E-state index is 12.4. The van der Waals surface area contributed by atoms with Gasteiger partial charge in [-0.15, -0.1) is 0 Å². The SMILES string of the molecule is O=C(NC(C1CC1)C1CC1)c1cc(Cl)c2c(c1)OCO2. The van der Waals surface area contributed by atoms with Crippen molar-refractivity contribution in [3.63, 3.8) is 0 Å². The molecule has 20 heavy (non-hydrogen) atoms. The van der Waals surface area contributed by atoms with Crippen molar-refractivity contribution in [2.75, 3.05) is 6.79 Å². The van der Waals surface area contributed by atoms with Gasteiger partial charge in [0.15, 0.2) is 11.5 Å². The summed E-state index contributed by atoms with van der Waals surface area (Å²) in [7, 11) is 0. The topological polar surface area (TPSA) is 47.6 Å². The highest BCUT2D eigenvalue weighted by Gasteiger charge is 2.42. The fraction of sp³-hybridized carbons (Fsp3) is 0.533. The number of hydrogen-bond donors (Lipinski definition) is 1. The number of ether oxygens (including phenoxy) is 2. The van der Waals surface area contributed by atoms with Gasteiger partial charge in [0.05, 0.1) is 5.02 Å². The Kier molecular flexibility index (Phi) is 2.81. The van der Waals surface area contributed by atoms with E-state index in [1.165, 1.54) is 25.7 Å². The van der Waals surface area contributed by atoms with Gasteiger partial charge in [-0.25, -0.2) is 0 Å². The zero-order valence-corrected chi connectivity index (χ0v) is 11.8. The number of amides is 1. The Morgan fingerprint density at radius 2 is 1.90 bits per heavy atom. The second-order valence-corrected chi connectivity index (χ2v) is 6.27. The molecule has 3 aliphatic rings. The molecule has 0 atom stereocenters. The van der Waals surface area contributed by atoms with Crippen LogP contribution in [0.3, 0.4) is 0 Å². The van der Waals surface area contributed by atoms with Gasteiger partial charge in [-0.2, -0.15) is 0 Å². The third-order valence-corrected chi connectivity index (χ3v) is 4.53. The number of halogens is 1. The summed E-state index contributed by atoms with van der Waals surface area (Å²) < 4.78 is 10.6. The van der Waals surface area contributed by atoms with Crippen molar-refractivity contribution in [1.82, 2.24) is 5.32 Å². The summed E-state index contributed by atoms with van der Waals surface area (Å²) in [6.45, 7) is 0.160. The van der Waals surface area contributed by atoms with Crippen molar-refractivity contribution < 1.29 is 14.3 Å². The van der Waals surface area contributed by atoms with E-state index in [1.54, 1.807) is 12.1 Å². The lowest BCUT2D eigenvalue weighted by atomic mass is 10.1. The maximum Gasteiger partial charge on any atom is 0.251 e. The lowest BCUT2D eigenvalue weighted by Gasteiger charge is -2.17. The largest absolute Gasteiger partial charge is 0.454 e. The van der Waals surface area contributed by atoms with Crippen molar-refractivity contribution in [3.8, 4) is 11.5 Å². The Labute approximate surface area is 122 Å². The van der Waals surface area contributed by atoms with Crippen LogP contribution in [0.25, 0.3) is 0 Å². The zero-order valence-electron chi connectivity index (χ0n) is 11.0. The molecule has 1 aromatic carbocycles. The van der Waals surface area contributed by atoms with Crippen molar-refractivity contribution in [1.29, 1.82) is 0 Å². The first kappa shape index (κ1) is 12.3. The highest BCUT2D eigenvalue weighted by Crippen LogP contribution is 2.45. The van der Waals surface area contributed by atoms with Gasteiger partial charge in [-0.3, -0.25) is 4.79 Å². The maximum atomic E-state index is 12.4. The molecule has 2 saturated carbocycles. The summed E-state index contributed by atoms with van der Waals surface area (Å²) in [5, 5.41) is 3.61. The zero-order chi connectivity index (χ0) is 13.7. The molecule has 0 unspecified atom stereocenters. The lowest BCUT2D eigenvalue weighted by molar-refractivity contribution is 0.0926. The van der Waals surface area contributed by atoms with Gasteiger partial charge < -0.3 is 14.8 Å². The van der Waals surface area contributed by atoms with Crippen molar-refractivity contribution in [2.45, 2.75) is 31.7 Å². The molecule has 1 heterocycles. The standard InChI is InChI=1S/C15H16ClNO3/c16-11-5-10(6-12-14(11)20-7-19-12)15(18)17-13(8-1-2-8)9-3-4-9/h5-6,8-9,13H,1-4,7H2,(H,17,18). The summed E-state index contributed by atoms with van der Waals surface area (Å²) in [6, 6.07) is 3.70. The normalized spacial score (nSPS) is 20.3. The van der Waals surface area contributed by atoms with Crippen LogP contribution in [-0.2, 0) is 0 Å². The quantitative estimate of drug-likeness (QED) is 0.928. The predicted molar refractivity (Wildman–Crippen MR) is 74.3 cm³/mol. The number of hydrogen-bond acceptors (Lipinski definition) is 3. The molecule has 1 aliphatic heterocycles. The van der Waals surface area contributed by atoms with E-state index in [9.17, 15) is 4.79 Å². The Balaban J connectivity index is 1.54. The van der Waals surface area contributed by atoms with E-state index in [2.05, 4.69) is 5.32 Å². The molecule has 4 rings (SSSR count). The minimum atomic E-state index is -0.0611. The second kappa shape index (κ2) is 4.55. The second-order valence-electron chi connectivity index (χ2n) is 5.87. The molecule has 4 nitrogen and oxygen atoms in total. The molecule has 2 fully saturated rings. The summed E-state index contributed by atoms with van der Waals surface area (Å²) >= 11 is 6.12. The predicted octanol–water partition coefficient (Wildman–Crippen LogP) is 2.99. The van der Waals surface area contributed by atoms with Gasteiger partial charge in [0.2, 0.25) is 6.79 Å². The van der Waals surface area contributed by atoms with Gasteiger partial charge in [-0.05, 0) is 49.7 Å². The molecule has 1 N–H and O–H groups in total. The molecule has 1 aromatic rings. The minimum absolute atomic E-state index is 0.0611. The van der Waals surface area contributed by atoms with Crippen molar-refractivity contribution in [3.05, 3.63) is 22.7 Å². The Hall–Kier alpha value is -1.42. The molecular formula is C15H16ClNO3. The first-order chi connectivity index (χ1) is 9.72.